The lowest BCUT2D eigenvalue weighted by Crippen LogP contribution is -2.42. The van der Waals surface area contributed by atoms with Crippen molar-refractivity contribution >= 4 is 5.96 Å². The zero-order chi connectivity index (χ0) is 16.8. The first-order valence-corrected chi connectivity index (χ1v) is 9.26. The van der Waals surface area contributed by atoms with Crippen molar-refractivity contribution in [1.29, 1.82) is 0 Å². The van der Waals surface area contributed by atoms with Gasteiger partial charge in [-0.2, -0.15) is 0 Å². The predicted molar refractivity (Wildman–Crippen MR) is 96.5 cm³/mol. The van der Waals surface area contributed by atoms with Crippen LogP contribution in [-0.2, 0) is 6.54 Å². The van der Waals surface area contributed by atoms with E-state index in [-0.39, 0.29) is 5.82 Å². The van der Waals surface area contributed by atoms with Gasteiger partial charge in [0.05, 0.1) is 6.54 Å². The Morgan fingerprint density at radius 2 is 2.00 bits per heavy atom. The molecule has 2 aliphatic carbocycles. The summed E-state index contributed by atoms with van der Waals surface area (Å²) >= 11 is 0. The third kappa shape index (κ3) is 5.48. The van der Waals surface area contributed by atoms with E-state index in [9.17, 15) is 4.39 Å². The van der Waals surface area contributed by atoms with Crippen molar-refractivity contribution in [2.75, 3.05) is 26.2 Å². The van der Waals surface area contributed by atoms with Gasteiger partial charge >= 0.3 is 0 Å². The van der Waals surface area contributed by atoms with Crippen LogP contribution >= 0.6 is 0 Å². The second kappa shape index (κ2) is 8.47. The number of benzene rings is 1. The van der Waals surface area contributed by atoms with Gasteiger partial charge in [-0.1, -0.05) is 18.2 Å². The van der Waals surface area contributed by atoms with Crippen molar-refractivity contribution in [2.45, 2.75) is 45.2 Å². The van der Waals surface area contributed by atoms with Gasteiger partial charge in [0.2, 0.25) is 0 Å². The standard InChI is InChI=1S/C19H29FN4/c1-2-21-19(23-13-16-5-3-4-6-18(16)20)22-11-12-24(17-9-10-17)14-15-7-8-15/h3-6,15,17H,2,7-14H2,1H3,(H2,21,22,23). The van der Waals surface area contributed by atoms with Crippen LogP contribution < -0.4 is 10.6 Å². The summed E-state index contributed by atoms with van der Waals surface area (Å²) in [5, 5.41) is 6.63. The minimum Gasteiger partial charge on any atom is -0.357 e. The molecular weight excluding hydrogens is 303 g/mol. The molecule has 24 heavy (non-hydrogen) atoms. The van der Waals surface area contributed by atoms with E-state index >= 15 is 0 Å². The first kappa shape index (κ1) is 17.2. The smallest absolute Gasteiger partial charge is 0.191 e. The fourth-order valence-electron chi connectivity index (χ4n) is 2.95. The molecule has 0 aromatic heterocycles. The molecule has 2 saturated carbocycles. The van der Waals surface area contributed by atoms with E-state index in [1.807, 2.05) is 13.0 Å². The molecule has 0 amide bonds. The van der Waals surface area contributed by atoms with Crippen LogP contribution in [0.4, 0.5) is 4.39 Å². The van der Waals surface area contributed by atoms with Crippen molar-refractivity contribution in [3.05, 3.63) is 35.6 Å². The largest absolute Gasteiger partial charge is 0.357 e. The highest BCUT2D eigenvalue weighted by Gasteiger charge is 2.33. The van der Waals surface area contributed by atoms with Gasteiger partial charge in [-0.05, 0) is 44.6 Å². The molecule has 0 aliphatic heterocycles. The van der Waals surface area contributed by atoms with Crippen LogP contribution in [-0.4, -0.2) is 43.1 Å². The fraction of sp³-hybridized carbons (Fsp3) is 0.632. The number of rotatable bonds is 9. The van der Waals surface area contributed by atoms with Crippen LogP contribution in [0.2, 0.25) is 0 Å². The molecule has 0 bridgehead atoms. The third-order valence-corrected chi connectivity index (χ3v) is 4.65. The molecule has 132 valence electrons. The van der Waals surface area contributed by atoms with E-state index in [4.69, 9.17) is 0 Å². The van der Waals surface area contributed by atoms with E-state index in [0.717, 1.165) is 37.6 Å². The number of guanidine groups is 1. The Morgan fingerprint density at radius 1 is 1.21 bits per heavy atom. The van der Waals surface area contributed by atoms with Gasteiger partial charge in [0, 0.05) is 37.8 Å². The minimum atomic E-state index is -0.193. The van der Waals surface area contributed by atoms with Gasteiger partial charge in [-0.3, -0.25) is 4.90 Å². The van der Waals surface area contributed by atoms with Crippen LogP contribution in [0, 0.1) is 11.7 Å². The van der Waals surface area contributed by atoms with Gasteiger partial charge in [0.25, 0.3) is 0 Å². The maximum atomic E-state index is 13.7. The number of halogens is 1. The average Bonchev–Trinajstić information content (AvgIpc) is 3.46. The van der Waals surface area contributed by atoms with Crippen LogP contribution in [0.15, 0.2) is 29.3 Å². The molecule has 0 saturated heterocycles. The summed E-state index contributed by atoms with van der Waals surface area (Å²) in [6, 6.07) is 7.63. The van der Waals surface area contributed by atoms with Gasteiger partial charge in [0.15, 0.2) is 5.96 Å². The lowest BCUT2D eigenvalue weighted by Gasteiger charge is -2.22. The summed E-state index contributed by atoms with van der Waals surface area (Å²) < 4.78 is 13.7. The van der Waals surface area contributed by atoms with Gasteiger partial charge in [-0.15, -0.1) is 0 Å². The highest BCUT2D eigenvalue weighted by molar-refractivity contribution is 5.79. The Kier molecular flexibility index (Phi) is 6.07. The lowest BCUT2D eigenvalue weighted by atomic mass is 10.2. The Hall–Kier alpha value is -1.62. The summed E-state index contributed by atoms with van der Waals surface area (Å²) in [6.07, 6.45) is 5.52. The van der Waals surface area contributed by atoms with Gasteiger partial charge < -0.3 is 10.6 Å². The van der Waals surface area contributed by atoms with Crippen molar-refractivity contribution in [1.82, 2.24) is 15.5 Å². The zero-order valence-corrected chi connectivity index (χ0v) is 14.6. The summed E-state index contributed by atoms with van der Waals surface area (Å²) in [4.78, 5) is 7.14. The zero-order valence-electron chi connectivity index (χ0n) is 14.6. The van der Waals surface area contributed by atoms with E-state index in [0.29, 0.717) is 12.1 Å². The number of nitrogens with zero attached hydrogens (tertiary/aromatic N) is 2. The quantitative estimate of drug-likeness (QED) is 0.540. The molecule has 1 aromatic carbocycles. The first-order chi connectivity index (χ1) is 11.8. The molecule has 1 aromatic rings. The Balaban J connectivity index is 1.47. The Morgan fingerprint density at radius 3 is 2.67 bits per heavy atom. The molecule has 2 N–H and O–H groups in total. The molecule has 0 heterocycles. The minimum absolute atomic E-state index is 0.193. The van der Waals surface area contributed by atoms with Crippen molar-refractivity contribution < 1.29 is 4.39 Å². The fourth-order valence-corrected chi connectivity index (χ4v) is 2.95. The molecule has 0 spiro atoms. The van der Waals surface area contributed by atoms with Gasteiger partial charge in [-0.25, -0.2) is 9.38 Å². The summed E-state index contributed by atoms with van der Waals surface area (Å²) in [6.45, 7) is 6.41. The molecular formula is C19H29FN4. The first-order valence-electron chi connectivity index (χ1n) is 9.26. The molecule has 5 heteroatoms. The second-order valence-corrected chi connectivity index (χ2v) is 6.88. The topological polar surface area (TPSA) is 39.7 Å². The van der Waals surface area contributed by atoms with E-state index in [2.05, 4.69) is 20.5 Å². The SMILES string of the molecule is CCNC(=NCc1ccccc1F)NCCN(CC1CC1)C1CC1. The van der Waals surface area contributed by atoms with Crippen LogP contribution in [0.25, 0.3) is 0 Å². The average molecular weight is 332 g/mol. The summed E-state index contributed by atoms with van der Waals surface area (Å²) in [7, 11) is 0. The van der Waals surface area contributed by atoms with Crippen LogP contribution in [0.1, 0.15) is 38.2 Å². The Bertz CT molecular complexity index is 552. The Labute approximate surface area is 144 Å². The number of aliphatic imine (C=N–C) groups is 1. The highest BCUT2D eigenvalue weighted by atomic mass is 19.1. The van der Waals surface area contributed by atoms with E-state index < -0.39 is 0 Å². The molecule has 0 radical (unpaired) electrons. The molecule has 2 aliphatic rings. The molecule has 4 nitrogen and oxygen atoms in total. The second-order valence-electron chi connectivity index (χ2n) is 6.88. The molecule has 3 rings (SSSR count). The number of hydrogen-bond acceptors (Lipinski definition) is 2. The summed E-state index contributed by atoms with van der Waals surface area (Å²) in [5.74, 6) is 1.51. The number of hydrogen-bond donors (Lipinski definition) is 2. The van der Waals surface area contributed by atoms with Crippen LogP contribution in [0.5, 0.6) is 0 Å². The van der Waals surface area contributed by atoms with E-state index in [1.165, 1.54) is 38.3 Å². The highest BCUT2D eigenvalue weighted by Crippen LogP contribution is 2.34. The van der Waals surface area contributed by atoms with Crippen molar-refractivity contribution in [3.63, 3.8) is 0 Å². The van der Waals surface area contributed by atoms with Crippen molar-refractivity contribution in [3.8, 4) is 0 Å². The monoisotopic (exact) mass is 332 g/mol. The normalized spacial score (nSPS) is 18.0. The molecule has 0 atom stereocenters. The van der Waals surface area contributed by atoms with Crippen molar-refractivity contribution in [2.24, 2.45) is 10.9 Å². The predicted octanol–water partition coefficient (Wildman–Crippen LogP) is 2.76. The number of nitrogens with one attached hydrogen (secondary N) is 2. The van der Waals surface area contributed by atoms with Crippen LogP contribution in [0.3, 0.4) is 0 Å². The third-order valence-electron chi connectivity index (χ3n) is 4.65. The molecule has 2 fully saturated rings. The van der Waals surface area contributed by atoms with E-state index in [1.54, 1.807) is 12.1 Å². The van der Waals surface area contributed by atoms with Gasteiger partial charge in [0.1, 0.15) is 5.82 Å². The maximum absolute atomic E-state index is 13.7. The maximum Gasteiger partial charge on any atom is 0.191 e. The molecule has 0 unspecified atom stereocenters. The summed E-state index contributed by atoms with van der Waals surface area (Å²) in [5.41, 5.74) is 0.628. The lowest BCUT2D eigenvalue weighted by molar-refractivity contribution is 0.256.